The monoisotopic (exact) mass is 311 g/mol. The van der Waals surface area contributed by atoms with E-state index in [9.17, 15) is 18.0 Å². The number of rotatable bonds is 2. The molecule has 0 aliphatic carbocycles. The van der Waals surface area contributed by atoms with Gasteiger partial charge in [0.15, 0.2) is 0 Å². The SMILES string of the molecule is CC.O=C(O)c1ccc(C2=NC=CC=CC2C(F)(F)F)cc1. The van der Waals surface area contributed by atoms with Crippen LogP contribution >= 0.6 is 0 Å². The lowest BCUT2D eigenvalue weighted by atomic mass is 9.95. The van der Waals surface area contributed by atoms with Crippen molar-refractivity contribution in [2.24, 2.45) is 10.9 Å². The zero-order valence-corrected chi connectivity index (χ0v) is 12.1. The van der Waals surface area contributed by atoms with Gasteiger partial charge in [0.2, 0.25) is 0 Å². The summed E-state index contributed by atoms with van der Waals surface area (Å²) in [7, 11) is 0. The lowest BCUT2D eigenvalue weighted by molar-refractivity contribution is -0.143. The lowest BCUT2D eigenvalue weighted by Gasteiger charge is -2.18. The van der Waals surface area contributed by atoms with E-state index in [0.717, 1.165) is 6.08 Å². The summed E-state index contributed by atoms with van der Waals surface area (Å²) in [6.45, 7) is 4.00. The summed E-state index contributed by atoms with van der Waals surface area (Å²) in [4.78, 5) is 14.6. The molecule has 1 atom stereocenters. The first kappa shape index (κ1) is 17.7. The molecule has 0 saturated heterocycles. The Morgan fingerprint density at radius 2 is 1.73 bits per heavy atom. The van der Waals surface area contributed by atoms with Crippen LogP contribution < -0.4 is 0 Å². The van der Waals surface area contributed by atoms with Gasteiger partial charge in [-0.15, -0.1) is 0 Å². The van der Waals surface area contributed by atoms with Crippen molar-refractivity contribution in [1.29, 1.82) is 0 Å². The van der Waals surface area contributed by atoms with Crippen molar-refractivity contribution in [2.75, 3.05) is 0 Å². The van der Waals surface area contributed by atoms with Crippen LogP contribution in [0.15, 0.2) is 53.7 Å². The van der Waals surface area contributed by atoms with Gasteiger partial charge in [-0.05, 0) is 23.8 Å². The Labute approximate surface area is 126 Å². The van der Waals surface area contributed by atoms with Gasteiger partial charge in [-0.25, -0.2) is 4.79 Å². The number of aromatic carboxylic acids is 1. The normalized spacial score (nSPS) is 17.1. The molecule has 0 saturated carbocycles. The summed E-state index contributed by atoms with van der Waals surface area (Å²) in [6, 6.07) is 5.17. The highest BCUT2D eigenvalue weighted by Gasteiger charge is 2.41. The second-order valence-corrected chi connectivity index (χ2v) is 4.14. The number of carbonyl (C=O) groups is 1. The van der Waals surface area contributed by atoms with Crippen molar-refractivity contribution in [1.82, 2.24) is 0 Å². The standard InChI is InChI=1S/C14H10F3NO2.C2H6/c15-14(16,17)11-3-1-2-8-18-12(11)9-4-6-10(7-5-9)13(19)20;1-2/h1-8,11H,(H,19,20);1-2H3. The summed E-state index contributed by atoms with van der Waals surface area (Å²) in [5, 5.41) is 8.78. The molecule has 6 heteroatoms. The Morgan fingerprint density at radius 3 is 2.23 bits per heavy atom. The molecule has 2 rings (SSSR count). The van der Waals surface area contributed by atoms with Gasteiger partial charge in [0.1, 0.15) is 5.92 Å². The van der Waals surface area contributed by atoms with Crippen molar-refractivity contribution >= 4 is 11.7 Å². The molecule has 0 radical (unpaired) electrons. The number of aliphatic imine (C=N–C) groups is 1. The summed E-state index contributed by atoms with van der Waals surface area (Å²) >= 11 is 0. The van der Waals surface area contributed by atoms with Gasteiger partial charge in [-0.1, -0.05) is 38.1 Å². The number of benzene rings is 1. The van der Waals surface area contributed by atoms with Crippen LogP contribution in [-0.4, -0.2) is 23.0 Å². The third kappa shape index (κ3) is 4.31. The maximum Gasteiger partial charge on any atom is 0.400 e. The largest absolute Gasteiger partial charge is 0.478 e. The van der Waals surface area contributed by atoms with E-state index in [1.165, 1.54) is 42.6 Å². The second-order valence-electron chi connectivity index (χ2n) is 4.14. The fraction of sp³-hybridized carbons (Fsp3) is 0.250. The topological polar surface area (TPSA) is 49.7 Å². The van der Waals surface area contributed by atoms with Gasteiger partial charge in [0, 0.05) is 6.20 Å². The number of carboxylic acids is 1. The van der Waals surface area contributed by atoms with E-state index < -0.39 is 18.1 Å². The highest BCUT2D eigenvalue weighted by Crippen LogP contribution is 2.32. The molecule has 0 bridgehead atoms. The molecular weight excluding hydrogens is 295 g/mol. The first-order valence-electron chi connectivity index (χ1n) is 6.71. The van der Waals surface area contributed by atoms with Crippen LogP contribution in [0.3, 0.4) is 0 Å². The average molecular weight is 311 g/mol. The highest BCUT2D eigenvalue weighted by molar-refractivity contribution is 6.04. The molecule has 118 valence electrons. The molecular formula is C16H16F3NO2. The fourth-order valence-corrected chi connectivity index (χ4v) is 1.82. The molecule has 1 aliphatic rings. The predicted octanol–water partition coefficient (Wildman–Crippen LogP) is 4.46. The molecule has 0 amide bonds. The first-order valence-corrected chi connectivity index (χ1v) is 6.71. The molecule has 1 heterocycles. The Bertz CT molecular complexity index is 599. The molecule has 1 unspecified atom stereocenters. The van der Waals surface area contributed by atoms with Crippen molar-refractivity contribution < 1.29 is 23.1 Å². The van der Waals surface area contributed by atoms with Crippen molar-refractivity contribution in [3.05, 3.63) is 59.8 Å². The molecule has 22 heavy (non-hydrogen) atoms. The molecule has 0 spiro atoms. The van der Waals surface area contributed by atoms with E-state index >= 15 is 0 Å². The van der Waals surface area contributed by atoms with E-state index in [1.807, 2.05) is 13.8 Å². The average Bonchev–Trinajstić information content (AvgIpc) is 2.75. The number of hydrogen-bond donors (Lipinski definition) is 1. The van der Waals surface area contributed by atoms with Crippen LogP contribution in [0.5, 0.6) is 0 Å². The van der Waals surface area contributed by atoms with Crippen LogP contribution in [0.1, 0.15) is 29.8 Å². The van der Waals surface area contributed by atoms with E-state index in [-0.39, 0.29) is 16.8 Å². The minimum absolute atomic E-state index is 0.0117. The zero-order chi connectivity index (χ0) is 16.8. The third-order valence-electron chi connectivity index (χ3n) is 2.79. The molecule has 1 N–H and O–H groups in total. The smallest absolute Gasteiger partial charge is 0.400 e. The van der Waals surface area contributed by atoms with Gasteiger partial charge in [-0.3, -0.25) is 4.99 Å². The van der Waals surface area contributed by atoms with Crippen LogP contribution in [-0.2, 0) is 0 Å². The van der Waals surface area contributed by atoms with E-state index in [0.29, 0.717) is 0 Å². The van der Waals surface area contributed by atoms with Gasteiger partial charge < -0.3 is 5.11 Å². The molecule has 1 aromatic carbocycles. The van der Waals surface area contributed by atoms with Gasteiger partial charge in [0.25, 0.3) is 0 Å². The predicted molar refractivity (Wildman–Crippen MR) is 79.1 cm³/mol. The number of nitrogens with zero attached hydrogens (tertiary/aromatic N) is 1. The molecule has 0 aromatic heterocycles. The fourth-order valence-electron chi connectivity index (χ4n) is 1.82. The van der Waals surface area contributed by atoms with Crippen LogP contribution in [0.25, 0.3) is 0 Å². The van der Waals surface area contributed by atoms with Crippen molar-refractivity contribution in [3.8, 4) is 0 Å². The number of hydrogen-bond acceptors (Lipinski definition) is 2. The minimum atomic E-state index is -4.45. The number of carboxylic acid groups (broad SMARTS) is 1. The van der Waals surface area contributed by atoms with E-state index in [2.05, 4.69) is 4.99 Å². The Balaban J connectivity index is 0.00000116. The summed E-state index contributed by atoms with van der Waals surface area (Å²) in [6.07, 6.45) is 0.556. The number of halogens is 3. The maximum atomic E-state index is 13.0. The molecule has 3 nitrogen and oxygen atoms in total. The number of alkyl halides is 3. The van der Waals surface area contributed by atoms with E-state index in [1.54, 1.807) is 0 Å². The zero-order valence-electron chi connectivity index (χ0n) is 12.1. The highest BCUT2D eigenvalue weighted by atomic mass is 19.4. The Hall–Kier alpha value is -2.37. The van der Waals surface area contributed by atoms with Gasteiger partial charge in [-0.2, -0.15) is 13.2 Å². The van der Waals surface area contributed by atoms with Crippen molar-refractivity contribution in [2.45, 2.75) is 20.0 Å². The van der Waals surface area contributed by atoms with Crippen LogP contribution in [0.2, 0.25) is 0 Å². The number of allylic oxidation sites excluding steroid dienone is 3. The molecule has 1 aliphatic heterocycles. The van der Waals surface area contributed by atoms with Crippen LogP contribution in [0, 0.1) is 5.92 Å². The molecule has 0 fully saturated rings. The summed E-state index contributed by atoms with van der Waals surface area (Å²) in [5.41, 5.74) is 0.102. The molecule has 1 aromatic rings. The second kappa shape index (κ2) is 7.59. The van der Waals surface area contributed by atoms with Crippen LogP contribution in [0.4, 0.5) is 13.2 Å². The minimum Gasteiger partial charge on any atom is -0.478 e. The quantitative estimate of drug-likeness (QED) is 0.876. The summed E-state index contributed by atoms with van der Waals surface area (Å²) in [5.74, 6) is -2.94. The Morgan fingerprint density at radius 1 is 1.14 bits per heavy atom. The third-order valence-corrected chi connectivity index (χ3v) is 2.79. The van der Waals surface area contributed by atoms with E-state index in [4.69, 9.17) is 5.11 Å². The Kier molecular flexibility index (Phi) is 6.10. The first-order chi connectivity index (χ1) is 10.4. The summed E-state index contributed by atoms with van der Waals surface area (Å²) < 4.78 is 39.0. The van der Waals surface area contributed by atoms with Crippen molar-refractivity contribution in [3.63, 3.8) is 0 Å². The van der Waals surface area contributed by atoms with Gasteiger partial charge in [0.05, 0.1) is 11.3 Å². The van der Waals surface area contributed by atoms with Gasteiger partial charge >= 0.3 is 12.1 Å². The maximum absolute atomic E-state index is 13.0. The lowest BCUT2D eigenvalue weighted by Crippen LogP contribution is -2.29.